The molecule has 0 atom stereocenters. The number of rotatable bonds is 5. The lowest BCUT2D eigenvalue weighted by Crippen LogP contribution is -2.44. The average Bonchev–Trinajstić information content (AvgIpc) is 2.05. The first-order valence-corrected chi connectivity index (χ1v) is 9.68. The predicted molar refractivity (Wildman–Crippen MR) is 103 cm³/mol. The topological polar surface area (TPSA) is 72.2 Å². The highest BCUT2D eigenvalue weighted by Crippen LogP contribution is 2.27. The molecule has 0 heterocycles. The molecule has 0 rings (SSSR count). The second-order valence-corrected chi connectivity index (χ2v) is 11.8. The largest absolute Gasteiger partial charge is 0.326 e. The summed E-state index contributed by atoms with van der Waals surface area (Å²) >= 11 is 0. The average molecular weight is 349 g/mol. The molecule has 140 valence electrons. The van der Waals surface area contributed by atoms with Gasteiger partial charge in [-0.25, -0.2) is 13.1 Å². The first kappa shape index (κ1) is 24.9. The number of nitrogens with one attached hydrogen (secondary N) is 1. The molecule has 0 aromatic carbocycles. The molecule has 0 radical (unpaired) electrons. The van der Waals surface area contributed by atoms with Gasteiger partial charge in [0.25, 0.3) is 0 Å². The molecule has 0 aliphatic carbocycles. The molecule has 4 nitrogen and oxygen atoms in total. The summed E-state index contributed by atoms with van der Waals surface area (Å²) in [6.45, 7) is 24.0. The van der Waals surface area contributed by atoms with Gasteiger partial charge in [-0.3, -0.25) is 0 Å². The van der Waals surface area contributed by atoms with Gasteiger partial charge in [0.2, 0.25) is 10.0 Å². The minimum Gasteiger partial charge on any atom is -0.326 e. The standard InChI is InChI=1S/C10H21NO2S.C8H19N/c1-7-14(12,13)11-10(5,6)8-9(2,3)4;1-7(2,3)6-8(4,5)9/h7,11H,1,8H2,2-6H3;6,9H2,1-5H3. The summed E-state index contributed by atoms with van der Waals surface area (Å²) in [5.41, 5.74) is 5.82. The van der Waals surface area contributed by atoms with Crippen LogP contribution in [-0.2, 0) is 10.0 Å². The molecule has 0 unspecified atom stereocenters. The Morgan fingerprint density at radius 3 is 1.39 bits per heavy atom. The molecule has 0 aromatic rings. The monoisotopic (exact) mass is 348 g/mol. The molecule has 0 saturated carbocycles. The highest BCUT2D eigenvalue weighted by molar-refractivity contribution is 7.92. The second kappa shape index (κ2) is 8.13. The third-order valence-corrected chi connectivity index (χ3v) is 3.87. The summed E-state index contributed by atoms with van der Waals surface area (Å²) < 4.78 is 25.1. The second-order valence-electron chi connectivity index (χ2n) is 10.2. The Morgan fingerprint density at radius 2 is 1.22 bits per heavy atom. The van der Waals surface area contributed by atoms with Crippen LogP contribution in [0.4, 0.5) is 0 Å². The van der Waals surface area contributed by atoms with E-state index in [1.807, 2.05) is 13.8 Å². The van der Waals surface area contributed by atoms with Crippen molar-refractivity contribution >= 4 is 10.0 Å². The Morgan fingerprint density at radius 1 is 0.870 bits per heavy atom. The minimum atomic E-state index is -3.34. The van der Waals surface area contributed by atoms with Gasteiger partial charge in [0.1, 0.15) is 0 Å². The van der Waals surface area contributed by atoms with E-state index in [9.17, 15) is 8.42 Å². The van der Waals surface area contributed by atoms with Crippen molar-refractivity contribution in [2.45, 2.75) is 93.2 Å². The van der Waals surface area contributed by atoms with Crippen molar-refractivity contribution in [2.24, 2.45) is 16.6 Å². The summed E-state index contributed by atoms with van der Waals surface area (Å²) in [4.78, 5) is 0. The molecule has 0 bridgehead atoms. The van der Waals surface area contributed by atoms with E-state index < -0.39 is 15.6 Å². The van der Waals surface area contributed by atoms with Crippen LogP contribution in [0.25, 0.3) is 0 Å². The van der Waals surface area contributed by atoms with Crippen LogP contribution in [0.5, 0.6) is 0 Å². The molecular formula is C18H40N2O2S. The molecule has 0 saturated heterocycles. The van der Waals surface area contributed by atoms with Crippen LogP contribution >= 0.6 is 0 Å². The number of hydrogen-bond donors (Lipinski definition) is 2. The van der Waals surface area contributed by atoms with Gasteiger partial charge >= 0.3 is 0 Å². The third-order valence-electron chi connectivity index (χ3n) is 2.60. The summed E-state index contributed by atoms with van der Waals surface area (Å²) in [6, 6.07) is 0. The first-order valence-electron chi connectivity index (χ1n) is 8.13. The lowest BCUT2D eigenvalue weighted by Gasteiger charge is -2.32. The van der Waals surface area contributed by atoms with Gasteiger partial charge in [-0.2, -0.15) is 0 Å². The van der Waals surface area contributed by atoms with Gasteiger partial charge in [0.05, 0.1) is 0 Å². The maximum atomic E-state index is 11.3. The fourth-order valence-corrected chi connectivity index (χ4v) is 4.08. The van der Waals surface area contributed by atoms with E-state index in [1.54, 1.807) is 0 Å². The normalized spacial score (nSPS) is 14.0. The van der Waals surface area contributed by atoms with Crippen molar-refractivity contribution in [2.75, 3.05) is 0 Å². The van der Waals surface area contributed by atoms with Crippen molar-refractivity contribution in [3.63, 3.8) is 0 Å². The number of nitrogens with two attached hydrogens (primary N) is 1. The summed E-state index contributed by atoms with van der Waals surface area (Å²) in [5, 5.41) is 0.942. The smallest absolute Gasteiger partial charge is 0.233 e. The minimum absolute atomic E-state index is 0.0156. The van der Waals surface area contributed by atoms with E-state index in [2.05, 4.69) is 66.7 Å². The summed E-state index contributed by atoms with van der Waals surface area (Å²) in [5.74, 6) is 0. The molecule has 0 amide bonds. The Balaban J connectivity index is 0. The van der Waals surface area contributed by atoms with Gasteiger partial charge in [-0.05, 0) is 51.4 Å². The van der Waals surface area contributed by atoms with Crippen LogP contribution in [0.3, 0.4) is 0 Å². The Bertz CT molecular complexity index is 447. The lowest BCUT2D eigenvalue weighted by atomic mass is 9.82. The van der Waals surface area contributed by atoms with Crippen LogP contribution in [0, 0.1) is 10.8 Å². The van der Waals surface area contributed by atoms with Gasteiger partial charge < -0.3 is 5.73 Å². The predicted octanol–water partition coefficient (Wildman–Crippen LogP) is 4.42. The fraction of sp³-hybridized carbons (Fsp3) is 0.889. The van der Waals surface area contributed by atoms with Crippen LogP contribution in [0.1, 0.15) is 82.1 Å². The molecule has 0 aliphatic heterocycles. The fourth-order valence-electron chi connectivity index (χ4n) is 3.16. The van der Waals surface area contributed by atoms with Crippen molar-refractivity contribution in [3.05, 3.63) is 12.0 Å². The summed E-state index contributed by atoms with van der Waals surface area (Å²) in [6.07, 6.45) is 1.84. The van der Waals surface area contributed by atoms with Gasteiger partial charge in [0.15, 0.2) is 0 Å². The molecule has 0 spiro atoms. The lowest BCUT2D eigenvalue weighted by molar-refractivity contribution is 0.270. The Hall–Kier alpha value is -0.390. The van der Waals surface area contributed by atoms with Gasteiger partial charge in [-0.1, -0.05) is 48.1 Å². The Labute approximate surface area is 145 Å². The molecular weight excluding hydrogens is 308 g/mol. The maximum absolute atomic E-state index is 11.3. The molecule has 0 aromatic heterocycles. The Kier molecular flexibility index (Phi) is 8.78. The van der Waals surface area contributed by atoms with Gasteiger partial charge in [-0.15, -0.1) is 0 Å². The van der Waals surface area contributed by atoms with Crippen molar-refractivity contribution < 1.29 is 8.42 Å². The van der Waals surface area contributed by atoms with E-state index in [0.717, 1.165) is 18.2 Å². The van der Waals surface area contributed by atoms with Crippen molar-refractivity contribution in [3.8, 4) is 0 Å². The first-order chi connectivity index (χ1) is 9.68. The van der Waals surface area contributed by atoms with Crippen molar-refractivity contribution in [1.29, 1.82) is 0 Å². The molecule has 0 aliphatic rings. The van der Waals surface area contributed by atoms with Crippen LogP contribution in [0.2, 0.25) is 0 Å². The highest BCUT2D eigenvalue weighted by Gasteiger charge is 2.28. The van der Waals surface area contributed by atoms with E-state index in [1.165, 1.54) is 0 Å². The zero-order chi connectivity index (χ0) is 19.3. The molecule has 0 fully saturated rings. The zero-order valence-corrected chi connectivity index (χ0v) is 17.8. The quantitative estimate of drug-likeness (QED) is 0.772. The van der Waals surface area contributed by atoms with Crippen LogP contribution in [0.15, 0.2) is 12.0 Å². The van der Waals surface area contributed by atoms with Gasteiger partial charge in [0, 0.05) is 16.5 Å². The number of sulfonamides is 1. The van der Waals surface area contributed by atoms with E-state index in [0.29, 0.717) is 5.41 Å². The SMILES string of the molecule is C=CS(=O)(=O)NC(C)(C)CC(C)(C)C.CC(C)(C)CC(C)(C)N. The zero-order valence-electron chi connectivity index (χ0n) is 17.0. The van der Waals surface area contributed by atoms with Crippen molar-refractivity contribution in [1.82, 2.24) is 4.72 Å². The molecule has 23 heavy (non-hydrogen) atoms. The van der Waals surface area contributed by atoms with Crippen LogP contribution < -0.4 is 10.5 Å². The molecule has 5 heteroatoms. The molecule has 3 N–H and O–H groups in total. The third kappa shape index (κ3) is 19.6. The number of hydrogen-bond acceptors (Lipinski definition) is 3. The summed E-state index contributed by atoms with van der Waals surface area (Å²) in [7, 11) is -3.34. The van der Waals surface area contributed by atoms with E-state index in [-0.39, 0.29) is 11.0 Å². The highest BCUT2D eigenvalue weighted by atomic mass is 32.2. The maximum Gasteiger partial charge on any atom is 0.233 e. The van der Waals surface area contributed by atoms with E-state index in [4.69, 9.17) is 5.73 Å². The van der Waals surface area contributed by atoms with Crippen LogP contribution in [-0.4, -0.2) is 19.5 Å². The van der Waals surface area contributed by atoms with E-state index >= 15 is 0 Å².